The molecule has 0 radical (unpaired) electrons. The molecule has 3 spiro atoms. The zero-order valence-electron chi connectivity index (χ0n) is 55.9. The fourth-order valence-electron chi connectivity index (χ4n) is 23.4. The Morgan fingerprint density at radius 1 is 0.753 bits per heavy atom. The molecule has 12 aliphatic rings. The van der Waals surface area contributed by atoms with Crippen molar-refractivity contribution in [3.63, 3.8) is 0 Å². The van der Waals surface area contributed by atoms with Crippen molar-refractivity contribution in [3.05, 3.63) is 215 Å². The lowest BCUT2D eigenvalue weighted by atomic mass is 9.48. The summed E-state index contributed by atoms with van der Waals surface area (Å²) in [6.07, 6.45) is 26.1. The number of hydrogen-bond acceptors (Lipinski definition) is 11. The highest BCUT2D eigenvalue weighted by molar-refractivity contribution is 5.91. The second-order valence-electron chi connectivity index (χ2n) is 31.3. The first-order chi connectivity index (χ1) is 47.5. The van der Waals surface area contributed by atoms with Gasteiger partial charge in [-0.25, -0.2) is 9.59 Å². The molecule has 6 aromatic rings. The van der Waals surface area contributed by atoms with Gasteiger partial charge in [-0.15, -0.1) is 0 Å². The lowest BCUT2D eigenvalue weighted by Crippen LogP contribution is -2.61. The molecule has 16 unspecified atom stereocenters. The maximum Gasteiger partial charge on any atom is 0.340 e. The number of carbonyl (C=O) groups excluding carboxylic acids is 2. The predicted molar refractivity (Wildman–Crippen MR) is 372 cm³/mol. The van der Waals surface area contributed by atoms with E-state index in [1.807, 2.05) is 19.1 Å². The van der Waals surface area contributed by atoms with E-state index in [1.54, 1.807) is 0 Å². The van der Waals surface area contributed by atoms with Gasteiger partial charge in [-0.3, -0.25) is 4.79 Å². The van der Waals surface area contributed by atoms with E-state index in [2.05, 4.69) is 127 Å². The number of rotatable bonds is 8. The lowest BCUT2D eigenvalue weighted by Gasteiger charge is -2.55. The summed E-state index contributed by atoms with van der Waals surface area (Å²) >= 11 is 0. The third-order valence-electron chi connectivity index (χ3n) is 27.3. The van der Waals surface area contributed by atoms with Crippen LogP contribution in [0, 0.1) is 52.8 Å². The highest BCUT2D eigenvalue weighted by Gasteiger charge is 2.66. The van der Waals surface area contributed by atoms with Gasteiger partial charge in [0.15, 0.2) is 17.8 Å². The number of allylic oxidation sites excluding steroid dienone is 4. The normalized spacial score (nSPS) is 33.3. The van der Waals surface area contributed by atoms with Gasteiger partial charge in [0.2, 0.25) is 0 Å². The smallest absolute Gasteiger partial charge is 0.340 e. The van der Waals surface area contributed by atoms with Crippen LogP contribution in [0.5, 0.6) is 5.75 Å². The third-order valence-corrected chi connectivity index (χ3v) is 27.3. The molecule has 0 amide bonds. The van der Waals surface area contributed by atoms with Gasteiger partial charge < -0.3 is 38.7 Å². The maximum atomic E-state index is 16.5. The zero-order valence-corrected chi connectivity index (χ0v) is 55.9. The topological polar surface area (TPSA) is 162 Å². The second-order valence-corrected chi connectivity index (χ2v) is 31.3. The predicted octanol–water partition coefficient (Wildman–Crippen LogP) is 15.5. The summed E-state index contributed by atoms with van der Waals surface area (Å²) in [5, 5.41) is 33.7. The minimum absolute atomic E-state index is 0.0108. The van der Waals surface area contributed by atoms with Gasteiger partial charge in [-0.05, 0) is 221 Å². The molecule has 1 aromatic heterocycles. The van der Waals surface area contributed by atoms with Crippen LogP contribution in [0.4, 0.5) is 0 Å². The Kier molecular flexibility index (Phi) is 15.2. The average Bonchev–Trinajstić information content (AvgIpc) is 1.64. The van der Waals surface area contributed by atoms with Crippen LogP contribution in [0.1, 0.15) is 229 Å². The minimum Gasteiger partial charge on any atom is -0.481 e. The van der Waals surface area contributed by atoms with Gasteiger partial charge >= 0.3 is 17.6 Å². The maximum absolute atomic E-state index is 16.5. The van der Waals surface area contributed by atoms with E-state index in [0.717, 1.165) is 57.8 Å². The van der Waals surface area contributed by atoms with Gasteiger partial charge in [0, 0.05) is 72.2 Å². The monoisotopic (exact) mass is 1300 g/mol. The van der Waals surface area contributed by atoms with Crippen molar-refractivity contribution in [2.24, 2.45) is 40.9 Å². The van der Waals surface area contributed by atoms with Crippen LogP contribution in [0.3, 0.4) is 0 Å². The molecule has 5 aromatic carbocycles. The Labute approximate surface area is 568 Å². The molecule has 16 atom stereocenters. The quantitative estimate of drug-likeness (QED) is 0.0437. The van der Waals surface area contributed by atoms with E-state index < -0.39 is 47.9 Å². The van der Waals surface area contributed by atoms with Crippen LogP contribution in [0.2, 0.25) is 0 Å². The molecular weight excluding hydrogens is 1210 g/mol. The molecule has 3 aliphatic heterocycles. The summed E-state index contributed by atoms with van der Waals surface area (Å²) in [4.78, 5) is 48.1. The number of methoxy groups -OCH3 is 1. The molecule has 11 nitrogen and oxygen atoms in total. The summed E-state index contributed by atoms with van der Waals surface area (Å²) in [5.41, 5.74) is 13.9. The molecular formula is C86H88O11. The number of fused-ring (bicyclic) bond motifs is 14. The van der Waals surface area contributed by atoms with E-state index in [-0.39, 0.29) is 120 Å². The Bertz CT molecular complexity index is 4500. The molecule has 1 saturated heterocycles. The zero-order chi connectivity index (χ0) is 65.6. The molecule has 9 aliphatic carbocycles. The van der Waals surface area contributed by atoms with Crippen molar-refractivity contribution in [1.82, 2.24) is 0 Å². The Balaban J connectivity index is 0.890. The van der Waals surface area contributed by atoms with Gasteiger partial charge in [0.25, 0.3) is 0 Å². The van der Waals surface area contributed by atoms with Crippen molar-refractivity contribution >= 4 is 35.1 Å². The summed E-state index contributed by atoms with van der Waals surface area (Å²) in [7, 11) is 1.54. The first kappa shape index (κ1) is 61.7. The van der Waals surface area contributed by atoms with Gasteiger partial charge in [0.05, 0.1) is 31.8 Å². The summed E-state index contributed by atoms with van der Waals surface area (Å²) in [6.45, 7) is 0.778. The molecule has 18 rings (SSSR count). The molecule has 11 heteroatoms. The van der Waals surface area contributed by atoms with Crippen molar-refractivity contribution in [2.75, 3.05) is 26.9 Å². The molecule has 3 N–H and O–H groups in total. The third kappa shape index (κ3) is 9.23. The standard InChI is InChI=1S/C86H88O11/c1-48(45-88)66-42-72-65-31-30-60-59-27-24-51(58-19-12-21-71-62(58)29-26-56-16-11-15-55-25-22-50-14-4-6-20-70(50)86(55,56)71)39-53(59)41-75(90)94-80-78-74(33-32-64-69(46-89)77(83(92)95-79(64)78)52(34-38-87)47-93-2)97-85(81(80)96-82(66)91)37-8-7-18-63(60)76(65)54(44-84(72)35-9-10-36-84)40-68-61-28-23-49-13-3-5-17-57(49)67(61)43-73(68)85/h3-6,12-14,17,19-25,27-28,30-33,51-56,59,61,67-68,72-73,80-81,87-89H,9-11,15-16,18,26,29,34-47H2,1-2H3. The van der Waals surface area contributed by atoms with Crippen LogP contribution in [0.25, 0.3) is 23.1 Å². The highest BCUT2D eigenvalue weighted by atomic mass is 16.6. The number of carbonyl (C=O) groups is 2. The molecule has 97 heavy (non-hydrogen) atoms. The summed E-state index contributed by atoms with van der Waals surface area (Å²) in [5.74, 6) is 6.59. The number of ether oxygens (including phenoxy) is 4. The van der Waals surface area contributed by atoms with Crippen molar-refractivity contribution < 1.29 is 48.3 Å². The van der Waals surface area contributed by atoms with Gasteiger partial charge in [-0.2, -0.15) is 0 Å². The number of aliphatic hydroxyl groups is 3. The molecule has 4 heterocycles. The number of hydrogen-bond donors (Lipinski definition) is 3. The van der Waals surface area contributed by atoms with E-state index in [1.165, 1.54) is 81.1 Å². The van der Waals surface area contributed by atoms with Gasteiger partial charge in [-0.1, -0.05) is 146 Å². The molecule has 5 bridgehead atoms. The Morgan fingerprint density at radius 2 is 1.57 bits per heavy atom. The van der Waals surface area contributed by atoms with E-state index in [4.69, 9.17) is 23.4 Å². The fourth-order valence-corrected chi connectivity index (χ4v) is 23.4. The lowest BCUT2D eigenvalue weighted by molar-refractivity contribution is -0.205. The molecule has 3 saturated carbocycles. The minimum atomic E-state index is -1.47. The molecule has 498 valence electrons. The first-order valence-corrected chi connectivity index (χ1v) is 36.7. The van der Waals surface area contributed by atoms with Crippen LogP contribution in [-0.4, -0.2) is 65.9 Å². The van der Waals surface area contributed by atoms with Gasteiger partial charge in [0.1, 0.15) is 11.3 Å². The Morgan fingerprint density at radius 3 is 2.41 bits per heavy atom. The van der Waals surface area contributed by atoms with E-state index >= 15 is 14.4 Å². The summed E-state index contributed by atoms with van der Waals surface area (Å²) < 4.78 is 35.3. The first-order valence-electron chi connectivity index (χ1n) is 36.7. The average molecular weight is 1300 g/mol. The highest BCUT2D eigenvalue weighted by Crippen LogP contribution is 2.68. The number of esters is 2. The number of aliphatic hydroxyl groups excluding tert-OH is 3. The summed E-state index contributed by atoms with van der Waals surface area (Å²) in [6, 6.07) is 33.5. The SMILES string of the molecule is COCC(CCO)c1c(CO)c2ccc3c(c2oc1=O)C1OC(=O)CC2CC(c4cccc5c4CCC4CCCC6C=Cc7ccccc7C564)C=CC2c2ccc4c5c2CC#CCC2(O3)C3CC6c7ccccc7C=CC6C3CC5CC3(CCCC3)C4CC(=C(C)CO)C(=O)OC12. The van der Waals surface area contributed by atoms with Crippen LogP contribution >= 0.6 is 0 Å². The number of benzene rings is 5. The van der Waals surface area contributed by atoms with Crippen LogP contribution in [-0.2, 0) is 48.7 Å². The fraction of sp³-hybridized carbons (Fsp3) is 0.477. The van der Waals surface area contributed by atoms with Crippen molar-refractivity contribution in [3.8, 4) is 17.6 Å². The van der Waals surface area contributed by atoms with Crippen molar-refractivity contribution in [2.45, 2.75) is 188 Å². The van der Waals surface area contributed by atoms with Crippen molar-refractivity contribution in [1.29, 1.82) is 0 Å². The van der Waals surface area contributed by atoms with Crippen LogP contribution < -0.4 is 10.4 Å². The largest absolute Gasteiger partial charge is 0.481 e. The van der Waals surface area contributed by atoms with Crippen LogP contribution in [0.15, 0.2) is 136 Å². The van der Waals surface area contributed by atoms with E-state index in [0.29, 0.717) is 65.4 Å². The Hall–Kier alpha value is -7.59. The molecule has 4 fully saturated rings. The second kappa shape index (κ2) is 23.8. The van der Waals surface area contributed by atoms with E-state index in [9.17, 15) is 15.3 Å².